The molecule has 0 unspecified atom stereocenters. The Morgan fingerprint density at radius 3 is 2.95 bits per heavy atom. The molecule has 2 aromatic heterocycles. The molecular weight excluding hydrogens is 336 g/mol. The maximum atomic E-state index is 10.8. The van der Waals surface area contributed by atoms with Crippen LogP contribution < -0.4 is 0 Å². The third kappa shape index (κ3) is 2.11. The van der Waals surface area contributed by atoms with E-state index in [0.717, 1.165) is 9.99 Å². The van der Waals surface area contributed by atoms with Crippen molar-refractivity contribution < 1.29 is 9.90 Å². The SMILES string of the molecule is O=C(O)c1cnn(-c2nc3c(Br)cc(Cl)cc3[nH]2)c1. The number of carboxylic acid groups (broad SMARTS) is 1. The second-order valence-electron chi connectivity index (χ2n) is 3.82. The van der Waals surface area contributed by atoms with Crippen LogP contribution in [-0.2, 0) is 0 Å². The molecule has 0 radical (unpaired) electrons. The van der Waals surface area contributed by atoms with E-state index in [2.05, 4.69) is 31.0 Å². The number of rotatable bonds is 2. The second-order valence-corrected chi connectivity index (χ2v) is 5.11. The third-order valence-electron chi connectivity index (χ3n) is 2.54. The molecule has 3 rings (SSSR count). The predicted octanol–water partition coefficient (Wildman–Crippen LogP) is 2.86. The van der Waals surface area contributed by atoms with E-state index in [4.69, 9.17) is 16.7 Å². The smallest absolute Gasteiger partial charge is 0.338 e. The molecule has 19 heavy (non-hydrogen) atoms. The Morgan fingerprint density at radius 2 is 2.26 bits per heavy atom. The zero-order valence-electron chi connectivity index (χ0n) is 9.26. The summed E-state index contributed by atoms with van der Waals surface area (Å²) in [5.41, 5.74) is 1.53. The van der Waals surface area contributed by atoms with Crippen LogP contribution in [0.1, 0.15) is 10.4 Å². The Morgan fingerprint density at radius 1 is 1.47 bits per heavy atom. The Bertz CT molecular complexity index is 795. The van der Waals surface area contributed by atoms with Gasteiger partial charge in [-0.2, -0.15) is 5.10 Å². The molecule has 0 aliphatic rings. The quantitative estimate of drug-likeness (QED) is 0.750. The van der Waals surface area contributed by atoms with Gasteiger partial charge in [-0.1, -0.05) is 11.6 Å². The average Bonchev–Trinajstić information content (AvgIpc) is 2.92. The van der Waals surface area contributed by atoms with Crippen molar-refractivity contribution in [2.45, 2.75) is 0 Å². The number of hydrogen-bond acceptors (Lipinski definition) is 3. The van der Waals surface area contributed by atoms with Gasteiger partial charge in [0.25, 0.3) is 0 Å². The van der Waals surface area contributed by atoms with Crippen LogP contribution in [0.15, 0.2) is 29.0 Å². The summed E-state index contributed by atoms with van der Waals surface area (Å²) in [5, 5.41) is 13.4. The Balaban J connectivity index is 2.14. The molecule has 1 aromatic carbocycles. The zero-order chi connectivity index (χ0) is 13.6. The molecule has 0 fully saturated rings. The molecule has 0 spiro atoms. The summed E-state index contributed by atoms with van der Waals surface area (Å²) in [6.45, 7) is 0. The topological polar surface area (TPSA) is 83.8 Å². The number of nitrogens with one attached hydrogen (secondary N) is 1. The largest absolute Gasteiger partial charge is 0.478 e. The first kappa shape index (κ1) is 12.2. The molecular formula is C11H6BrClN4O2. The first-order valence-corrected chi connectivity index (χ1v) is 6.35. The van der Waals surface area contributed by atoms with E-state index in [1.165, 1.54) is 17.1 Å². The van der Waals surface area contributed by atoms with Gasteiger partial charge in [-0.25, -0.2) is 14.5 Å². The van der Waals surface area contributed by atoms with Crippen LogP contribution in [0.5, 0.6) is 0 Å². The van der Waals surface area contributed by atoms with Crippen LogP contribution in [0.2, 0.25) is 5.02 Å². The summed E-state index contributed by atoms with van der Waals surface area (Å²) >= 11 is 9.32. The highest BCUT2D eigenvalue weighted by Gasteiger charge is 2.12. The summed E-state index contributed by atoms with van der Waals surface area (Å²) < 4.78 is 2.12. The van der Waals surface area contributed by atoms with Crippen molar-refractivity contribution in [3.63, 3.8) is 0 Å². The highest BCUT2D eigenvalue weighted by molar-refractivity contribution is 9.10. The minimum absolute atomic E-state index is 0.0950. The lowest BCUT2D eigenvalue weighted by Crippen LogP contribution is -1.97. The number of fused-ring (bicyclic) bond motifs is 1. The van der Waals surface area contributed by atoms with Crippen LogP contribution in [-0.4, -0.2) is 30.8 Å². The monoisotopic (exact) mass is 340 g/mol. The fraction of sp³-hybridized carbons (Fsp3) is 0. The molecule has 0 bridgehead atoms. The lowest BCUT2D eigenvalue weighted by Gasteiger charge is -1.92. The van der Waals surface area contributed by atoms with E-state index in [9.17, 15) is 4.79 Å². The van der Waals surface area contributed by atoms with Gasteiger partial charge in [-0.15, -0.1) is 0 Å². The Labute approximate surface area is 120 Å². The van der Waals surface area contributed by atoms with E-state index >= 15 is 0 Å². The number of hydrogen-bond donors (Lipinski definition) is 2. The number of carboxylic acids is 1. The van der Waals surface area contributed by atoms with E-state index in [-0.39, 0.29) is 5.56 Å². The van der Waals surface area contributed by atoms with Gasteiger partial charge in [-0.3, -0.25) is 0 Å². The number of benzene rings is 1. The summed E-state index contributed by atoms with van der Waals surface area (Å²) in [7, 11) is 0. The number of aromatic carboxylic acids is 1. The van der Waals surface area contributed by atoms with E-state index < -0.39 is 5.97 Å². The van der Waals surface area contributed by atoms with Gasteiger partial charge in [0.15, 0.2) is 0 Å². The standard InChI is InChI=1S/C11H6BrClN4O2/c12-7-1-6(13)2-8-9(7)16-11(15-8)17-4-5(3-14-17)10(18)19/h1-4H,(H,15,16)(H,18,19). The average molecular weight is 342 g/mol. The van der Waals surface area contributed by atoms with E-state index in [0.29, 0.717) is 16.5 Å². The number of aromatic nitrogens is 4. The van der Waals surface area contributed by atoms with Crippen molar-refractivity contribution in [2.75, 3.05) is 0 Å². The van der Waals surface area contributed by atoms with Crippen LogP contribution in [0.4, 0.5) is 0 Å². The summed E-state index contributed by atoms with van der Waals surface area (Å²) in [4.78, 5) is 18.2. The molecule has 8 heteroatoms. The zero-order valence-corrected chi connectivity index (χ0v) is 11.6. The van der Waals surface area contributed by atoms with Crippen molar-refractivity contribution >= 4 is 44.5 Å². The highest BCUT2D eigenvalue weighted by atomic mass is 79.9. The second kappa shape index (κ2) is 4.36. The van der Waals surface area contributed by atoms with Crippen molar-refractivity contribution in [1.29, 1.82) is 0 Å². The van der Waals surface area contributed by atoms with Crippen LogP contribution in [0.25, 0.3) is 17.0 Å². The lowest BCUT2D eigenvalue weighted by atomic mass is 10.3. The number of carbonyl (C=O) groups is 1. The molecule has 0 saturated carbocycles. The van der Waals surface area contributed by atoms with Gasteiger partial charge in [0.1, 0.15) is 5.52 Å². The highest BCUT2D eigenvalue weighted by Crippen LogP contribution is 2.27. The summed E-state index contributed by atoms with van der Waals surface area (Å²) in [5.74, 6) is -0.614. The molecule has 0 aliphatic heterocycles. The number of H-pyrrole nitrogens is 1. The van der Waals surface area contributed by atoms with Crippen LogP contribution in [0.3, 0.4) is 0 Å². The van der Waals surface area contributed by atoms with Gasteiger partial charge in [-0.05, 0) is 28.1 Å². The van der Waals surface area contributed by atoms with E-state index in [1.54, 1.807) is 12.1 Å². The van der Waals surface area contributed by atoms with Crippen LogP contribution in [0, 0.1) is 0 Å². The molecule has 2 heterocycles. The number of imidazole rings is 1. The van der Waals surface area contributed by atoms with Crippen molar-refractivity contribution in [3.8, 4) is 5.95 Å². The maximum absolute atomic E-state index is 10.8. The van der Waals surface area contributed by atoms with Gasteiger partial charge in [0, 0.05) is 15.7 Å². The molecule has 0 atom stereocenters. The third-order valence-corrected chi connectivity index (χ3v) is 3.36. The van der Waals surface area contributed by atoms with Gasteiger partial charge in [0.05, 0.1) is 17.3 Å². The number of halogens is 2. The molecule has 96 valence electrons. The maximum Gasteiger partial charge on any atom is 0.338 e. The lowest BCUT2D eigenvalue weighted by molar-refractivity contribution is 0.0697. The molecule has 3 aromatic rings. The molecule has 6 nitrogen and oxygen atoms in total. The minimum Gasteiger partial charge on any atom is -0.478 e. The first-order chi connectivity index (χ1) is 9.04. The van der Waals surface area contributed by atoms with Gasteiger partial charge in [0.2, 0.25) is 5.95 Å². The molecule has 0 aliphatic carbocycles. The first-order valence-electron chi connectivity index (χ1n) is 5.17. The summed E-state index contributed by atoms with van der Waals surface area (Å²) in [6.07, 6.45) is 2.65. The Hall–Kier alpha value is -1.86. The Kier molecular flexibility index (Phi) is 2.79. The fourth-order valence-electron chi connectivity index (χ4n) is 1.69. The molecule has 0 saturated heterocycles. The number of aromatic amines is 1. The van der Waals surface area contributed by atoms with Gasteiger partial charge < -0.3 is 10.1 Å². The van der Waals surface area contributed by atoms with E-state index in [1.807, 2.05) is 0 Å². The minimum atomic E-state index is -1.04. The van der Waals surface area contributed by atoms with Gasteiger partial charge >= 0.3 is 5.97 Å². The molecule has 0 amide bonds. The molecule has 2 N–H and O–H groups in total. The normalized spacial score (nSPS) is 11.1. The fourth-order valence-corrected chi connectivity index (χ4v) is 2.59. The predicted molar refractivity (Wildman–Crippen MR) is 72.9 cm³/mol. The van der Waals surface area contributed by atoms with Crippen molar-refractivity contribution in [3.05, 3.63) is 39.6 Å². The van der Waals surface area contributed by atoms with Crippen molar-refractivity contribution in [1.82, 2.24) is 19.7 Å². The number of nitrogens with zero attached hydrogens (tertiary/aromatic N) is 3. The summed E-state index contributed by atoms with van der Waals surface area (Å²) in [6, 6.07) is 3.47. The van der Waals surface area contributed by atoms with Crippen LogP contribution >= 0.6 is 27.5 Å². The van der Waals surface area contributed by atoms with Crippen molar-refractivity contribution in [2.24, 2.45) is 0 Å².